The third-order valence-corrected chi connectivity index (χ3v) is 2.95. The SMILES string of the molecule is COc1ccc(C[C@H](CN)CO)cc1Br. The number of hydrogen-bond acceptors (Lipinski definition) is 3. The lowest BCUT2D eigenvalue weighted by atomic mass is 10.0. The largest absolute Gasteiger partial charge is 0.496 e. The Morgan fingerprint density at radius 3 is 2.73 bits per heavy atom. The lowest BCUT2D eigenvalue weighted by molar-refractivity contribution is 0.230. The van der Waals surface area contributed by atoms with Crippen molar-refractivity contribution in [1.82, 2.24) is 0 Å². The van der Waals surface area contributed by atoms with Gasteiger partial charge in [0.1, 0.15) is 5.75 Å². The second-order valence-electron chi connectivity index (χ2n) is 3.46. The molecule has 1 aromatic rings. The van der Waals surface area contributed by atoms with Gasteiger partial charge >= 0.3 is 0 Å². The summed E-state index contributed by atoms with van der Waals surface area (Å²) in [6.07, 6.45) is 0.787. The zero-order valence-corrected chi connectivity index (χ0v) is 10.3. The summed E-state index contributed by atoms with van der Waals surface area (Å²) in [6.45, 7) is 0.625. The zero-order valence-electron chi connectivity index (χ0n) is 8.74. The minimum Gasteiger partial charge on any atom is -0.496 e. The van der Waals surface area contributed by atoms with Gasteiger partial charge in [0.05, 0.1) is 11.6 Å². The van der Waals surface area contributed by atoms with Gasteiger partial charge < -0.3 is 15.6 Å². The molecule has 0 spiro atoms. The predicted octanol–water partition coefficient (Wildman–Crippen LogP) is 1.57. The first-order valence-corrected chi connectivity index (χ1v) is 5.64. The standard InChI is InChI=1S/C11H16BrNO2/c1-15-11-3-2-8(5-10(11)12)4-9(6-13)7-14/h2-3,5,9,14H,4,6-7,13H2,1H3/t9-/m1/s1. The zero-order chi connectivity index (χ0) is 11.3. The fraction of sp³-hybridized carbons (Fsp3) is 0.455. The van der Waals surface area contributed by atoms with E-state index in [9.17, 15) is 0 Å². The van der Waals surface area contributed by atoms with Crippen LogP contribution in [0.1, 0.15) is 5.56 Å². The molecule has 0 aliphatic heterocycles. The Bertz CT molecular complexity index is 313. The normalized spacial score (nSPS) is 12.5. The number of aliphatic hydroxyl groups is 1. The quantitative estimate of drug-likeness (QED) is 0.856. The summed E-state index contributed by atoms with van der Waals surface area (Å²) in [5.41, 5.74) is 6.67. The summed E-state index contributed by atoms with van der Waals surface area (Å²) < 4.78 is 6.06. The summed E-state index contributed by atoms with van der Waals surface area (Å²) in [5, 5.41) is 9.04. The van der Waals surface area contributed by atoms with Crippen LogP contribution in [0.5, 0.6) is 5.75 Å². The van der Waals surface area contributed by atoms with Crippen LogP contribution in [-0.4, -0.2) is 25.4 Å². The molecule has 0 radical (unpaired) electrons. The number of ether oxygens (including phenoxy) is 1. The average Bonchev–Trinajstić information content (AvgIpc) is 2.26. The number of nitrogens with two attached hydrogens (primary N) is 1. The Hall–Kier alpha value is -0.580. The second-order valence-corrected chi connectivity index (χ2v) is 4.31. The summed E-state index contributed by atoms with van der Waals surface area (Å²) in [6, 6.07) is 5.89. The van der Waals surface area contributed by atoms with Crippen molar-refractivity contribution in [1.29, 1.82) is 0 Å². The molecule has 1 rings (SSSR count). The second kappa shape index (κ2) is 6.10. The molecule has 3 nitrogen and oxygen atoms in total. The maximum atomic E-state index is 9.04. The average molecular weight is 274 g/mol. The number of rotatable bonds is 5. The van der Waals surface area contributed by atoms with Gasteiger partial charge in [-0.1, -0.05) is 6.07 Å². The van der Waals surface area contributed by atoms with Gasteiger partial charge in [-0.3, -0.25) is 0 Å². The van der Waals surface area contributed by atoms with Crippen molar-refractivity contribution in [3.63, 3.8) is 0 Å². The van der Waals surface area contributed by atoms with E-state index in [2.05, 4.69) is 15.9 Å². The first-order valence-electron chi connectivity index (χ1n) is 4.84. The molecule has 1 aromatic carbocycles. The first-order chi connectivity index (χ1) is 7.21. The molecule has 0 saturated heterocycles. The van der Waals surface area contributed by atoms with Gasteiger partial charge in [-0.25, -0.2) is 0 Å². The Kier molecular flexibility index (Phi) is 5.08. The molecular weight excluding hydrogens is 258 g/mol. The molecule has 0 amide bonds. The third kappa shape index (κ3) is 3.48. The summed E-state index contributed by atoms with van der Waals surface area (Å²) in [7, 11) is 1.64. The molecule has 0 saturated carbocycles. The van der Waals surface area contributed by atoms with E-state index >= 15 is 0 Å². The minimum atomic E-state index is 0.125. The summed E-state index contributed by atoms with van der Waals surface area (Å²) >= 11 is 3.42. The van der Waals surface area contributed by atoms with Crippen molar-refractivity contribution in [2.24, 2.45) is 11.7 Å². The number of halogens is 1. The number of benzene rings is 1. The summed E-state index contributed by atoms with van der Waals surface area (Å²) in [5.74, 6) is 0.942. The molecule has 0 bridgehead atoms. The van der Waals surface area contributed by atoms with E-state index in [0.717, 1.165) is 22.2 Å². The van der Waals surface area contributed by atoms with Crippen LogP contribution in [0.25, 0.3) is 0 Å². The van der Waals surface area contributed by atoms with Gasteiger partial charge in [-0.2, -0.15) is 0 Å². The van der Waals surface area contributed by atoms with Crippen LogP contribution in [0.3, 0.4) is 0 Å². The van der Waals surface area contributed by atoms with Gasteiger partial charge in [0.15, 0.2) is 0 Å². The van der Waals surface area contributed by atoms with Gasteiger partial charge in [0.2, 0.25) is 0 Å². The maximum absolute atomic E-state index is 9.04. The van der Waals surface area contributed by atoms with Crippen molar-refractivity contribution in [3.05, 3.63) is 28.2 Å². The molecule has 3 N–H and O–H groups in total. The highest BCUT2D eigenvalue weighted by molar-refractivity contribution is 9.10. The van der Waals surface area contributed by atoms with Crippen molar-refractivity contribution in [3.8, 4) is 5.75 Å². The number of hydrogen-bond donors (Lipinski definition) is 2. The first kappa shape index (κ1) is 12.5. The molecule has 0 aliphatic rings. The lowest BCUT2D eigenvalue weighted by Crippen LogP contribution is -2.20. The molecule has 4 heteroatoms. The topological polar surface area (TPSA) is 55.5 Å². The number of methoxy groups -OCH3 is 1. The predicted molar refractivity (Wildman–Crippen MR) is 64.0 cm³/mol. The maximum Gasteiger partial charge on any atom is 0.133 e. The van der Waals surface area contributed by atoms with Crippen molar-refractivity contribution in [2.75, 3.05) is 20.3 Å². The molecular formula is C11H16BrNO2. The lowest BCUT2D eigenvalue weighted by Gasteiger charge is -2.12. The van der Waals surface area contributed by atoms with Crippen LogP contribution in [0.4, 0.5) is 0 Å². The Labute approximate surface area is 98.4 Å². The molecule has 1 atom stereocenters. The van der Waals surface area contributed by atoms with Crippen LogP contribution in [-0.2, 0) is 6.42 Å². The van der Waals surface area contributed by atoms with E-state index in [1.807, 2.05) is 18.2 Å². The van der Waals surface area contributed by atoms with Crippen molar-refractivity contribution >= 4 is 15.9 Å². The molecule has 0 heterocycles. The fourth-order valence-electron chi connectivity index (χ4n) is 1.39. The van der Waals surface area contributed by atoms with Crippen LogP contribution >= 0.6 is 15.9 Å². The molecule has 0 aliphatic carbocycles. The Balaban J connectivity index is 2.74. The molecule has 84 valence electrons. The van der Waals surface area contributed by atoms with E-state index in [1.54, 1.807) is 7.11 Å². The van der Waals surface area contributed by atoms with Gasteiger partial charge in [0, 0.05) is 6.61 Å². The van der Waals surface area contributed by atoms with Crippen LogP contribution in [0, 0.1) is 5.92 Å². The highest BCUT2D eigenvalue weighted by Gasteiger charge is 2.08. The van der Waals surface area contributed by atoms with E-state index < -0.39 is 0 Å². The fourth-order valence-corrected chi connectivity index (χ4v) is 1.98. The van der Waals surface area contributed by atoms with E-state index in [1.165, 1.54) is 0 Å². The van der Waals surface area contributed by atoms with Crippen molar-refractivity contribution in [2.45, 2.75) is 6.42 Å². The Morgan fingerprint density at radius 2 is 2.27 bits per heavy atom. The summed E-state index contributed by atoms with van der Waals surface area (Å²) in [4.78, 5) is 0. The van der Waals surface area contributed by atoms with Crippen LogP contribution < -0.4 is 10.5 Å². The Morgan fingerprint density at radius 1 is 1.53 bits per heavy atom. The smallest absolute Gasteiger partial charge is 0.133 e. The molecule has 0 unspecified atom stereocenters. The van der Waals surface area contributed by atoms with Crippen LogP contribution in [0.2, 0.25) is 0 Å². The van der Waals surface area contributed by atoms with Crippen molar-refractivity contribution < 1.29 is 9.84 Å². The van der Waals surface area contributed by atoms with Gasteiger partial charge in [-0.15, -0.1) is 0 Å². The van der Waals surface area contributed by atoms with E-state index in [4.69, 9.17) is 15.6 Å². The highest BCUT2D eigenvalue weighted by atomic mass is 79.9. The molecule has 15 heavy (non-hydrogen) atoms. The van der Waals surface area contributed by atoms with E-state index in [-0.39, 0.29) is 12.5 Å². The molecule has 0 aromatic heterocycles. The number of aliphatic hydroxyl groups excluding tert-OH is 1. The highest BCUT2D eigenvalue weighted by Crippen LogP contribution is 2.26. The van der Waals surface area contributed by atoms with Crippen LogP contribution in [0.15, 0.2) is 22.7 Å². The minimum absolute atomic E-state index is 0.125. The molecule has 0 fully saturated rings. The monoisotopic (exact) mass is 273 g/mol. The third-order valence-electron chi connectivity index (χ3n) is 2.33. The van der Waals surface area contributed by atoms with E-state index in [0.29, 0.717) is 6.54 Å². The van der Waals surface area contributed by atoms with Gasteiger partial charge in [0.25, 0.3) is 0 Å². The van der Waals surface area contributed by atoms with Gasteiger partial charge in [-0.05, 0) is 52.5 Å².